The van der Waals surface area contributed by atoms with Crippen molar-refractivity contribution in [3.8, 4) is 0 Å². The lowest BCUT2D eigenvalue weighted by Gasteiger charge is -2.08. The Balaban J connectivity index is 1.82. The molecule has 0 bridgehead atoms. The second-order valence-electron chi connectivity index (χ2n) is 5.75. The molecule has 24 heavy (non-hydrogen) atoms. The van der Waals surface area contributed by atoms with E-state index in [9.17, 15) is 9.59 Å². The van der Waals surface area contributed by atoms with Gasteiger partial charge in [-0.05, 0) is 46.0 Å². The van der Waals surface area contributed by atoms with Crippen molar-refractivity contribution in [2.75, 3.05) is 0 Å². The number of aromatic nitrogens is 1. The van der Waals surface area contributed by atoms with Crippen LogP contribution in [0.1, 0.15) is 41.4 Å². The summed E-state index contributed by atoms with van der Waals surface area (Å²) in [6.45, 7) is 2.17. The number of hydrazine groups is 1. The van der Waals surface area contributed by atoms with Gasteiger partial charge in [-0.1, -0.05) is 37.6 Å². The van der Waals surface area contributed by atoms with Gasteiger partial charge in [-0.25, -0.2) is 0 Å². The summed E-state index contributed by atoms with van der Waals surface area (Å²) in [7, 11) is 1.77. The van der Waals surface area contributed by atoms with Gasteiger partial charge in [0.15, 0.2) is 0 Å². The molecule has 128 valence electrons. The summed E-state index contributed by atoms with van der Waals surface area (Å²) in [5.74, 6) is -0.607. The van der Waals surface area contributed by atoms with Crippen LogP contribution in [0.3, 0.4) is 0 Å². The number of nitrogens with zero attached hydrogens (tertiary/aromatic N) is 1. The van der Waals surface area contributed by atoms with Gasteiger partial charge in [0.2, 0.25) is 5.91 Å². The lowest BCUT2D eigenvalue weighted by molar-refractivity contribution is -0.121. The average molecular weight is 392 g/mol. The maximum Gasteiger partial charge on any atom is 0.286 e. The molecule has 0 spiro atoms. The van der Waals surface area contributed by atoms with Crippen LogP contribution in [0.4, 0.5) is 0 Å². The number of nitrogens with one attached hydrogen (secondary N) is 2. The van der Waals surface area contributed by atoms with Crippen molar-refractivity contribution in [2.45, 2.75) is 32.6 Å². The number of benzene rings is 1. The van der Waals surface area contributed by atoms with E-state index in [0.29, 0.717) is 5.69 Å². The molecule has 2 amide bonds. The van der Waals surface area contributed by atoms with Crippen molar-refractivity contribution in [1.29, 1.82) is 0 Å². The summed E-state index contributed by atoms with van der Waals surface area (Å²) < 4.78 is 2.49. The molecule has 5 nitrogen and oxygen atoms in total. The third-order valence-electron chi connectivity index (χ3n) is 3.73. The molecule has 2 N–H and O–H groups in total. The third-order valence-corrected chi connectivity index (χ3v) is 4.16. The Bertz CT molecular complexity index is 708. The van der Waals surface area contributed by atoms with Crippen molar-refractivity contribution in [2.24, 2.45) is 7.05 Å². The molecule has 1 heterocycles. The highest BCUT2D eigenvalue weighted by Crippen LogP contribution is 2.13. The Labute approximate surface area is 150 Å². The highest BCUT2D eigenvalue weighted by atomic mass is 79.9. The number of aryl methyl sites for hydroxylation is 2. The van der Waals surface area contributed by atoms with E-state index in [0.717, 1.165) is 16.5 Å². The molecule has 1 aromatic heterocycles. The maximum atomic E-state index is 12.0. The summed E-state index contributed by atoms with van der Waals surface area (Å²) in [5.41, 5.74) is 7.54. The average Bonchev–Trinajstić information content (AvgIpc) is 2.90. The molecule has 0 saturated carbocycles. The molecule has 0 radical (unpaired) electrons. The predicted octanol–water partition coefficient (Wildman–Crippen LogP) is 3.13. The highest BCUT2D eigenvalue weighted by molar-refractivity contribution is 9.10. The molecular formula is C18H22BrN3O2. The third kappa shape index (κ3) is 5.23. The quantitative estimate of drug-likeness (QED) is 0.742. The van der Waals surface area contributed by atoms with E-state index < -0.39 is 0 Å². The van der Waals surface area contributed by atoms with Crippen LogP contribution in [-0.4, -0.2) is 16.4 Å². The van der Waals surface area contributed by atoms with Gasteiger partial charge in [0.25, 0.3) is 5.91 Å². The SMILES string of the molecule is CCCCc1ccc(CC(=O)NNC(=O)c2cc(Br)cn2C)cc1. The second-order valence-corrected chi connectivity index (χ2v) is 6.67. The van der Waals surface area contributed by atoms with Crippen LogP contribution in [0.15, 0.2) is 41.0 Å². The first-order chi connectivity index (χ1) is 11.5. The lowest BCUT2D eigenvalue weighted by Crippen LogP contribution is -2.42. The first-order valence-corrected chi connectivity index (χ1v) is 8.77. The fourth-order valence-corrected chi connectivity index (χ4v) is 2.90. The van der Waals surface area contributed by atoms with Crippen molar-refractivity contribution in [3.63, 3.8) is 0 Å². The zero-order valence-corrected chi connectivity index (χ0v) is 15.5. The molecule has 0 fully saturated rings. The number of hydrogen-bond donors (Lipinski definition) is 2. The minimum Gasteiger partial charge on any atom is -0.345 e. The van der Waals surface area contributed by atoms with Gasteiger partial charge in [-0.3, -0.25) is 20.4 Å². The molecular weight excluding hydrogens is 370 g/mol. The molecule has 0 atom stereocenters. The Morgan fingerprint density at radius 1 is 1.12 bits per heavy atom. The summed E-state index contributed by atoms with van der Waals surface area (Å²) in [4.78, 5) is 24.0. The van der Waals surface area contributed by atoms with E-state index in [4.69, 9.17) is 0 Å². The van der Waals surface area contributed by atoms with Crippen LogP contribution in [0.5, 0.6) is 0 Å². The minimum absolute atomic E-state index is 0.227. The zero-order chi connectivity index (χ0) is 17.5. The van der Waals surface area contributed by atoms with Crippen molar-refractivity contribution in [1.82, 2.24) is 15.4 Å². The monoisotopic (exact) mass is 391 g/mol. The van der Waals surface area contributed by atoms with Crippen LogP contribution in [-0.2, 0) is 24.7 Å². The number of hydrogen-bond acceptors (Lipinski definition) is 2. The van der Waals surface area contributed by atoms with Gasteiger partial charge in [-0.2, -0.15) is 0 Å². The maximum absolute atomic E-state index is 12.0. The lowest BCUT2D eigenvalue weighted by atomic mass is 10.0. The Morgan fingerprint density at radius 3 is 2.38 bits per heavy atom. The van der Waals surface area contributed by atoms with E-state index in [1.165, 1.54) is 18.4 Å². The minimum atomic E-state index is -0.355. The van der Waals surface area contributed by atoms with E-state index >= 15 is 0 Å². The van der Waals surface area contributed by atoms with Crippen LogP contribution in [0, 0.1) is 0 Å². The van der Waals surface area contributed by atoms with Gasteiger partial charge in [-0.15, -0.1) is 0 Å². The number of halogens is 1. The van der Waals surface area contributed by atoms with E-state index in [2.05, 4.69) is 45.8 Å². The summed E-state index contributed by atoms with van der Waals surface area (Å²) >= 11 is 3.31. The van der Waals surface area contributed by atoms with E-state index in [1.54, 1.807) is 23.9 Å². The van der Waals surface area contributed by atoms with Crippen molar-refractivity contribution < 1.29 is 9.59 Å². The Morgan fingerprint density at radius 2 is 1.79 bits per heavy atom. The number of carbonyl (C=O) groups is 2. The fraction of sp³-hybridized carbons (Fsp3) is 0.333. The van der Waals surface area contributed by atoms with E-state index in [-0.39, 0.29) is 18.2 Å². The second kappa shape index (κ2) is 8.68. The fourth-order valence-electron chi connectivity index (χ4n) is 2.37. The van der Waals surface area contributed by atoms with Gasteiger partial charge in [0.05, 0.1) is 6.42 Å². The Kier molecular flexibility index (Phi) is 6.61. The number of rotatable bonds is 6. The molecule has 0 saturated heterocycles. The molecule has 0 unspecified atom stereocenters. The molecule has 6 heteroatoms. The number of carbonyl (C=O) groups excluding carboxylic acids is 2. The standard InChI is InChI=1S/C18H22BrN3O2/c1-3-4-5-13-6-8-14(9-7-13)10-17(23)20-21-18(24)16-11-15(19)12-22(16)2/h6-9,11-12H,3-5,10H2,1-2H3,(H,20,23)(H,21,24). The smallest absolute Gasteiger partial charge is 0.286 e. The van der Waals surface area contributed by atoms with Crippen molar-refractivity contribution >= 4 is 27.7 Å². The van der Waals surface area contributed by atoms with Crippen LogP contribution in [0.2, 0.25) is 0 Å². The van der Waals surface area contributed by atoms with Crippen LogP contribution < -0.4 is 10.9 Å². The van der Waals surface area contributed by atoms with Crippen LogP contribution in [0.25, 0.3) is 0 Å². The first-order valence-electron chi connectivity index (χ1n) is 7.98. The highest BCUT2D eigenvalue weighted by Gasteiger charge is 2.12. The van der Waals surface area contributed by atoms with E-state index in [1.807, 2.05) is 12.1 Å². The molecule has 2 rings (SSSR count). The summed E-state index contributed by atoms with van der Waals surface area (Å²) in [6.07, 6.45) is 5.40. The number of unbranched alkanes of at least 4 members (excludes halogenated alkanes) is 1. The van der Waals surface area contributed by atoms with Crippen LogP contribution >= 0.6 is 15.9 Å². The normalized spacial score (nSPS) is 10.5. The summed E-state index contributed by atoms with van der Waals surface area (Å²) in [6, 6.07) is 9.72. The van der Waals surface area contributed by atoms with Gasteiger partial charge in [0, 0.05) is 17.7 Å². The first kappa shape index (κ1) is 18.3. The van der Waals surface area contributed by atoms with Crippen molar-refractivity contribution in [3.05, 3.63) is 57.8 Å². The number of amides is 2. The zero-order valence-electron chi connectivity index (χ0n) is 13.9. The molecule has 0 aliphatic heterocycles. The molecule has 1 aromatic carbocycles. The molecule has 0 aliphatic carbocycles. The topological polar surface area (TPSA) is 63.1 Å². The van der Waals surface area contributed by atoms with Gasteiger partial charge >= 0.3 is 0 Å². The van der Waals surface area contributed by atoms with Gasteiger partial charge < -0.3 is 4.57 Å². The Hall–Kier alpha value is -2.08. The van der Waals surface area contributed by atoms with Gasteiger partial charge in [0.1, 0.15) is 5.69 Å². The molecule has 0 aliphatic rings. The predicted molar refractivity (Wildman–Crippen MR) is 97.5 cm³/mol. The molecule has 2 aromatic rings. The largest absolute Gasteiger partial charge is 0.345 e. The summed E-state index contributed by atoms with van der Waals surface area (Å²) in [5, 5.41) is 0.